The molecule has 106 valence electrons. The van der Waals surface area contributed by atoms with Crippen molar-refractivity contribution in [2.45, 2.75) is 38.7 Å². The molecule has 2 aromatic carbocycles. The number of hydrogen-bond donors (Lipinski definition) is 1. The zero-order valence-corrected chi connectivity index (χ0v) is 12.6. The first-order valence-corrected chi connectivity index (χ1v) is 7.58. The smallest absolute Gasteiger partial charge is 0.0830 e. The van der Waals surface area contributed by atoms with E-state index in [1.54, 1.807) is 0 Å². The lowest BCUT2D eigenvalue weighted by Gasteiger charge is -2.12. The first kappa shape index (κ1) is 15.1. The molecule has 0 heterocycles. The molecule has 0 spiro atoms. The summed E-state index contributed by atoms with van der Waals surface area (Å²) < 4.78 is 0. The molecule has 0 radical (unpaired) electrons. The molecule has 1 unspecified atom stereocenters. The predicted molar refractivity (Wildman–Crippen MR) is 85.2 cm³/mol. The summed E-state index contributed by atoms with van der Waals surface area (Å²) in [7, 11) is 0. The van der Waals surface area contributed by atoms with Crippen molar-refractivity contribution in [1.82, 2.24) is 0 Å². The van der Waals surface area contributed by atoms with Crippen LogP contribution in [0.3, 0.4) is 0 Å². The van der Waals surface area contributed by atoms with E-state index in [0.717, 1.165) is 22.6 Å². The Morgan fingerprint density at radius 3 is 2.15 bits per heavy atom. The molecule has 0 aliphatic carbocycles. The van der Waals surface area contributed by atoms with Gasteiger partial charge in [0.2, 0.25) is 0 Å². The van der Waals surface area contributed by atoms with Crippen LogP contribution in [-0.4, -0.2) is 5.11 Å². The van der Waals surface area contributed by atoms with Crippen LogP contribution in [0.1, 0.15) is 42.6 Å². The van der Waals surface area contributed by atoms with Gasteiger partial charge < -0.3 is 5.11 Å². The molecule has 2 rings (SSSR count). The Morgan fingerprint density at radius 1 is 0.950 bits per heavy atom. The van der Waals surface area contributed by atoms with E-state index in [1.807, 2.05) is 36.4 Å². The molecule has 2 aromatic rings. The second-order valence-electron chi connectivity index (χ2n) is 5.19. The lowest BCUT2D eigenvalue weighted by molar-refractivity contribution is 0.178. The first-order valence-electron chi connectivity index (χ1n) is 7.20. The second kappa shape index (κ2) is 7.47. The van der Waals surface area contributed by atoms with Crippen LogP contribution in [0.2, 0.25) is 5.02 Å². The van der Waals surface area contributed by atoms with Crippen molar-refractivity contribution in [1.29, 1.82) is 0 Å². The number of unbranched alkanes of at least 4 members (excludes halogenated alkanes) is 1. The summed E-state index contributed by atoms with van der Waals surface area (Å²) in [5, 5.41) is 11.0. The third kappa shape index (κ3) is 4.36. The predicted octanol–water partition coefficient (Wildman–Crippen LogP) is 4.96. The zero-order chi connectivity index (χ0) is 14.4. The highest BCUT2D eigenvalue weighted by Crippen LogP contribution is 2.20. The summed E-state index contributed by atoms with van der Waals surface area (Å²) >= 11 is 5.86. The minimum atomic E-state index is -0.462. The summed E-state index contributed by atoms with van der Waals surface area (Å²) in [5.74, 6) is 0. The van der Waals surface area contributed by atoms with Gasteiger partial charge in [-0.15, -0.1) is 0 Å². The van der Waals surface area contributed by atoms with Crippen LogP contribution in [0.5, 0.6) is 0 Å². The lowest BCUT2D eigenvalue weighted by Crippen LogP contribution is -2.02. The first-order chi connectivity index (χ1) is 9.69. The summed E-state index contributed by atoms with van der Waals surface area (Å²) in [6.45, 7) is 2.20. The molecule has 0 amide bonds. The Hall–Kier alpha value is -1.31. The van der Waals surface area contributed by atoms with Crippen LogP contribution < -0.4 is 0 Å². The number of aryl methyl sites for hydroxylation is 1. The number of hydrogen-bond acceptors (Lipinski definition) is 1. The fourth-order valence-electron chi connectivity index (χ4n) is 2.25. The molecule has 0 saturated heterocycles. The fourth-order valence-corrected chi connectivity index (χ4v) is 2.37. The Morgan fingerprint density at radius 2 is 1.55 bits per heavy atom. The molecule has 0 saturated carbocycles. The average Bonchev–Trinajstić information content (AvgIpc) is 2.48. The quantitative estimate of drug-likeness (QED) is 0.796. The molecule has 0 bridgehead atoms. The fraction of sp³-hybridized carbons (Fsp3) is 0.333. The van der Waals surface area contributed by atoms with E-state index in [1.165, 1.54) is 18.4 Å². The van der Waals surface area contributed by atoms with Crippen LogP contribution >= 0.6 is 11.6 Å². The monoisotopic (exact) mass is 288 g/mol. The molecule has 0 aliphatic heterocycles. The minimum absolute atomic E-state index is 0.462. The molecule has 1 atom stereocenters. The third-order valence-corrected chi connectivity index (χ3v) is 3.78. The van der Waals surface area contributed by atoms with Crippen LogP contribution in [0.15, 0.2) is 48.5 Å². The van der Waals surface area contributed by atoms with Gasteiger partial charge in [0.05, 0.1) is 6.10 Å². The molecule has 1 nitrogen and oxygen atoms in total. The van der Waals surface area contributed by atoms with Gasteiger partial charge in [-0.25, -0.2) is 0 Å². The maximum Gasteiger partial charge on any atom is 0.0830 e. The molecule has 1 N–H and O–H groups in total. The van der Waals surface area contributed by atoms with Crippen LogP contribution in [0.25, 0.3) is 0 Å². The zero-order valence-electron chi connectivity index (χ0n) is 11.8. The summed E-state index contributed by atoms with van der Waals surface area (Å²) in [5.41, 5.74) is 3.41. The van der Waals surface area contributed by atoms with Crippen molar-refractivity contribution in [2.75, 3.05) is 0 Å². The van der Waals surface area contributed by atoms with E-state index in [4.69, 9.17) is 11.6 Å². The van der Waals surface area contributed by atoms with E-state index in [9.17, 15) is 5.11 Å². The average molecular weight is 289 g/mol. The summed E-state index contributed by atoms with van der Waals surface area (Å²) in [6.07, 6.45) is 3.69. The Labute approximate surface area is 126 Å². The van der Waals surface area contributed by atoms with Gasteiger partial charge in [-0.2, -0.15) is 0 Å². The SMILES string of the molecule is CCCCc1ccc(C(O)Cc2ccc(Cl)cc2)cc1. The maximum absolute atomic E-state index is 10.3. The molecule has 0 aliphatic rings. The normalized spacial score (nSPS) is 12.3. The Bertz CT molecular complexity index is 516. The van der Waals surface area contributed by atoms with Crippen molar-refractivity contribution in [3.8, 4) is 0 Å². The highest BCUT2D eigenvalue weighted by atomic mass is 35.5. The van der Waals surface area contributed by atoms with E-state index in [-0.39, 0.29) is 0 Å². The molecular formula is C18H21ClO. The van der Waals surface area contributed by atoms with Crippen molar-refractivity contribution >= 4 is 11.6 Å². The van der Waals surface area contributed by atoms with Crippen molar-refractivity contribution in [2.24, 2.45) is 0 Å². The minimum Gasteiger partial charge on any atom is -0.388 e. The highest BCUT2D eigenvalue weighted by molar-refractivity contribution is 6.30. The molecule has 2 heteroatoms. The van der Waals surface area contributed by atoms with Crippen LogP contribution in [-0.2, 0) is 12.8 Å². The largest absolute Gasteiger partial charge is 0.388 e. The van der Waals surface area contributed by atoms with Gasteiger partial charge in [0.25, 0.3) is 0 Å². The number of aliphatic hydroxyl groups excluding tert-OH is 1. The Balaban J connectivity index is 1.98. The van der Waals surface area contributed by atoms with Crippen LogP contribution in [0, 0.1) is 0 Å². The van der Waals surface area contributed by atoms with Gasteiger partial charge in [-0.05, 0) is 41.7 Å². The van der Waals surface area contributed by atoms with Gasteiger partial charge in [-0.1, -0.05) is 61.3 Å². The maximum atomic E-state index is 10.3. The van der Waals surface area contributed by atoms with Gasteiger partial charge in [0, 0.05) is 11.4 Å². The number of rotatable bonds is 6. The van der Waals surface area contributed by atoms with Crippen molar-refractivity contribution in [3.63, 3.8) is 0 Å². The number of halogens is 1. The summed E-state index contributed by atoms with van der Waals surface area (Å²) in [4.78, 5) is 0. The van der Waals surface area contributed by atoms with Gasteiger partial charge in [0.1, 0.15) is 0 Å². The third-order valence-electron chi connectivity index (χ3n) is 3.53. The summed E-state index contributed by atoms with van der Waals surface area (Å²) in [6, 6.07) is 15.9. The van der Waals surface area contributed by atoms with E-state index in [0.29, 0.717) is 6.42 Å². The van der Waals surface area contributed by atoms with E-state index >= 15 is 0 Å². The Kier molecular flexibility index (Phi) is 5.63. The molecule has 0 aromatic heterocycles. The van der Waals surface area contributed by atoms with Crippen molar-refractivity contribution < 1.29 is 5.11 Å². The van der Waals surface area contributed by atoms with Crippen LogP contribution in [0.4, 0.5) is 0 Å². The van der Waals surface area contributed by atoms with E-state index < -0.39 is 6.10 Å². The topological polar surface area (TPSA) is 20.2 Å². The second-order valence-corrected chi connectivity index (χ2v) is 5.63. The molecule has 0 fully saturated rings. The molecular weight excluding hydrogens is 268 g/mol. The molecule has 20 heavy (non-hydrogen) atoms. The van der Waals surface area contributed by atoms with Gasteiger partial charge in [-0.3, -0.25) is 0 Å². The number of aliphatic hydroxyl groups is 1. The van der Waals surface area contributed by atoms with Crippen molar-refractivity contribution in [3.05, 3.63) is 70.2 Å². The van der Waals surface area contributed by atoms with E-state index in [2.05, 4.69) is 19.1 Å². The lowest BCUT2D eigenvalue weighted by atomic mass is 9.99. The van der Waals surface area contributed by atoms with Gasteiger partial charge in [0.15, 0.2) is 0 Å². The highest BCUT2D eigenvalue weighted by Gasteiger charge is 2.08. The van der Waals surface area contributed by atoms with Gasteiger partial charge >= 0.3 is 0 Å². The number of benzene rings is 2. The standard InChI is InChI=1S/C18H21ClO/c1-2-3-4-14-5-9-16(10-6-14)18(20)13-15-7-11-17(19)12-8-15/h5-12,18,20H,2-4,13H2,1H3.